The monoisotopic (exact) mass is 402 g/mol. The van der Waals surface area contributed by atoms with Gasteiger partial charge in [-0.3, -0.25) is 4.99 Å². The van der Waals surface area contributed by atoms with Crippen LogP contribution in [0.25, 0.3) is 11.3 Å². The molecule has 4 rings (SSSR count). The molecule has 0 spiro atoms. The van der Waals surface area contributed by atoms with E-state index in [2.05, 4.69) is 24.9 Å². The fraction of sp³-hybridized carbons (Fsp3) is 0.211. The lowest BCUT2D eigenvalue weighted by Crippen LogP contribution is -2.32. The van der Waals surface area contributed by atoms with Crippen molar-refractivity contribution in [3.63, 3.8) is 0 Å². The van der Waals surface area contributed by atoms with Crippen molar-refractivity contribution in [1.82, 2.24) is 19.9 Å². The number of benzene rings is 1. The zero-order valence-corrected chi connectivity index (χ0v) is 15.1. The third-order valence-electron chi connectivity index (χ3n) is 4.51. The molecule has 1 aromatic carbocycles. The molecule has 0 fully saturated rings. The van der Waals surface area contributed by atoms with Crippen molar-refractivity contribution in [2.45, 2.75) is 19.1 Å². The Morgan fingerprint density at radius 3 is 2.34 bits per heavy atom. The first-order chi connectivity index (χ1) is 13.8. The van der Waals surface area contributed by atoms with Crippen LogP contribution in [0.3, 0.4) is 0 Å². The second kappa shape index (κ2) is 7.19. The minimum Gasteiger partial charge on any atom is -0.328 e. The Kier molecular flexibility index (Phi) is 4.69. The van der Waals surface area contributed by atoms with Gasteiger partial charge in [0.25, 0.3) is 0 Å². The SMILES string of the molecule is C[C@H](c1cnc(C(F)(F)F)nc1)N1CN=Cc2nc(-c3ccc(F)cc3)cnc21. The minimum absolute atomic E-state index is 0.264. The normalized spacial score (nSPS) is 14.6. The quantitative estimate of drug-likeness (QED) is 0.619. The van der Waals surface area contributed by atoms with E-state index in [0.717, 1.165) is 12.4 Å². The fourth-order valence-electron chi connectivity index (χ4n) is 2.93. The molecule has 29 heavy (non-hydrogen) atoms. The highest BCUT2D eigenvalue weighted by atomic mass is 19.4. The van der Waals surface area contributed by atoms with Crippen molar-refractivity contribution in [3.05, 3.63) is 65.8 Å². The standard InChI is InChI=1S/C19H14F4N6/c1-11(13-6-26-18(27-7-13)19(21,22)23)29-10-24-8-16-17(29)25-9-15(28-16)12-2-4-14(20)5-3-12/h2-9,11H,10H2,1H3/t11-/m1/s1. The molecule has 0 unspecified atom stereocenters. The Balaban J connectivity index is 1.62. The summed E-state index contributed by atoms with van der Waals surface area (Å²) >= 11 is 0. The van der Waals surface area contributed by atoms with Crippen molar-refractivity contribution in [3.8, 4) is 11.3 Å². The second-order valence-electron chi connectivity index (χ2n) is 6.41. The number of nitrogens with zero attached hydrogens (tertiary/aromatic N) is 6. The summed E-state index contributed by atoms with van der Waals surface area (Å²) in [4.78, 5) is 21.9. The maximum atomic E-state index is 13.1. The number of hydrogen-bond acceptors (Lipinski definition) is 6. The summed E-state index contributed by atoms with van der Waals surface area (Å²) < 4.78 is 51.2. The number of hydrogen-bond donors (Lipinski definition) is 0. The van der Waals surface area contributed by atoms with Crippen molar-refractivity contribution in [1.29, 1.82) is 0 Å². The molecule has 6 nitrogen and oxygen atoms in total. The van der Waals surface area contributed by atoms with Crippen LogP contribution >= 0.6 is 0 Å². The van der Waals surface area contributed by atoms with Crippen LogP contribution in [0.15, 0.2) is 47.8 Å². The van der Waals surface area contributed by atoms with Gasteiger partial charge in [0, 0.05) is 23.5 Å². The molecule has 0 radical (unpaired) electrons. The number of alkyl halides is 3. The van der Waals surface area contributed by atoms with Gasteiger partial charge in [-0.2, -0.15) is 13.2 Å². The molecule has 0 saturated heterocycles. The van der Waals surface area contributed by atoms with E-state index < -0.39 is 12.0 Å². The van der Waals surface area contributed by atoms with Crippen LogP contribution in [0.5, 0.6) is 0 Å². The van der Waals surface area contributed by atoms with E-state index in [-0.39, 0.29) is 18.5 Å². The van der Waals surface area contributed by atoms with Gasteiger partial charge in [0.2, 0.25) is 5.82 Å². The van der Waals surface area contributed by atoms with Crippen LogP contribution < -0.4 is 4.90 Å². The first-order valence-corrected chi connectivity index (χ1v) is 8.61. The maximum Gasteiger partial charge on any atom is 0.451 e. The van der Waals surface area contributed by atoms with E-state index in [0.29, 0.717) is 28.3 Å². The van der Waals surface area contributed by atoms with Crippen LogP contribution in [0.1, 0.15) is 30.0 Å². The largest absolute Gasteiger partial charge is 0.451 e. The summed E-state index contributed by atoms with van der Waals surface area (Å²) in [6.07, 6.45) is 0.861. The number of aromatic nitrogens is 4. The number of aliphatic imine (C=N–C) groups is 1. The molecule has 1 aliphatic rings. The first kappa shape index (κ1) is 18.9. The Bertz CT molecular complexity index is 1050. The van der Waals surface area contributed by atoms with Gasteiger partial charge < -0.3 is 4.90 Å². The van der Waals surface area contributed by atoms with Gasteiger partial charge in [0.05, 0.1) is 24.1 Å². The van der Waals surface area contributed by atoms with Crippen molar-refractivity contribution < 1.29 is 17.6 Å². The predicted molar refractivity (Wildman–Crippen MR) is 97.8 cm³/mol. The van der Waals surface area contributed by atoms with Crippen molar-refractivity contribution in [2.24, 2.45) is 4.99 Å². The van der Waals surface area contributed by atoms with Gasteiger partial charge in [-0.05, 0) is 31.2 Å². The second-order valence-corrected chi connectivity index (χ2v) is 6.41. The van der Waals surface area contributed by atoms with Crippen LogP contribution in [-0.2, 0) is 6.18 Å². The Hall–Kier alpha value is -3.43. The van der Waals surface area contributed by atoms with Crippen molar-refractivity contribution >= 4 is 12.0 Å². The molecule has 3 heterocycles. The van der Waals surface area contributed by atoms with E-state index in [9.17, 15) is 17.6 Å². The number of rotatable bonds is 3. The summed E-state index contributed by atoms with van der Waals surface area (Å²) in [6, 6.07) is 5.50. The van der Waals surface area contributed by atoms with Crippen LogP contribution in [0.2, 0.25) is 0 Å². The zero-order chi connectivity index (χ0) is 20.6. The summed E-state index contributed by atoms with van der Waals surface area (Å²) in [5, 5.41) is 0. The molecular formula is C19H14F4N6. The molecule has 0 N–H and O–H groups in total. The lowest BCUT2D eigenvalue weighted by Gasteiger charge is -2.31. The van der Waals surface area contributed by atoms with Crippen LogP contribution in [0.4, 0.5) is 23.4 Å². The van der Waals surface area contributed by atoms with Gasteiger partial charge in [0.15, 0.2) is 5.82 Å². The zero-order valence-electron chi connectivity index (χ0n) is 15.1. The summed E-state index contributed by atoms with van der Waals surface area (Å²) in [5.41, 5.74) is 2.27. The maximum absolute atomic E-state index is 13.1. The van der Waals surface area contributed by atoms with E-state index in [1.165, 1.54) is 12.1 Å². The molecule has 0 saturated carbocycles. The first-order valence-electron chi connectivity index (χ1n) is 8.61. The number of halogens is 4. The van der Waals surface area contributed by atoms with E-state index in [1.807, 2.05) is 0 Å². The molecule has 1 aliphatic heterocycles. The fourth-order valence-corrected chi connectivity index (χ4v) is 2.93. The minimum atomic E-state index is -4.59. The Morgan fingerprint density at radius 2 is 1.69 bits per heavy atom. The van der Waals surface area contributed by atoms with Gasteiger partial charge in [-0.15, -0.1) is 0 Å². The van der Waals surface area contributed by atoms with Gasteiger partial charge >= 0.3 is 6.18 Å². The average molecular weight is 402 g/mol. The molecule has 0 aliphatic carbocycles. The van der Waals surface area contributed by atoms with E-state index in [4.69, 9.17) is 0 Å². The average Bonchev–Trinajstić information content (AvgIpc) is 2.72. The summed E-state index contributed by atoms with van der Waals surface area (Å²) in [5.74, 6) is -0.993. The van der Waals surface area contributed by atoms with Gasteiger partial charge in [-0.1, -0.05) is 0 Å². The van der Waals surface area contributed by atoms with E-state index in [1.54, 1.807) is 36.4 Å². The van der Waals surface area contributed by atoms with E-state index >= 15 is 0 Å². The summed E-state index contributed by atoms with van der Waals surface area (Å²) in [7, 11) is 0. The lowest BCUT2D eigenvalue weighted by molar-refractivity contribution is -0.145. The smallest absolute Gasteiger partial charge is 0.328 e. The third kappa shape index (κ3) is 3.78. The highest BCUT2D eigenvalue weighted by molar-refractivity contribution is 5.87. The topological polar surface area (TPSA) is 67.2 Å². The molecule has 0 amide bonds. The molecule has 148 valence electrons. The lowest BCUT2D eigenvalue weighted by atomic mass is 10.1. The number of fused-ring (bicyclic) bond motifs is 1. The molecule has 10 heteroatoms. The van der Waals surface area contributed by atoms with Crippen LogP contribution in [0, 0.1) is 5.82 Å². The number of anilines is 1. The Morgan fingerprint density at radius 1 is 1.00 bits per heavy atom. The van der Waals surface area contributed by atoms with Gasteiger partial charge in [0.1, 0.15) is 18.2 Å². The molecule has 0 bridgehead atoms. The molecular weight excluding hydrogens is 388 g/mol. The van der Waals surface area contributed by atoms with Crippen molar-refractivity contribution in [2.75, 3.05) is 11.6 Å². The van der Waals surface area contributed by atoms with Gasteiger partial charge in [-0.25, -0.2) is 24.3 Å². The van der Waals surface area contributed by atoms with Crippen LogP contribution in [-0.4, -0.2) is 32.8 Å². The summed E-state index contributed by atoms with van der Waals surface area (Å²) in [6.45, 7) is 2.06. The third-order valence-corrected chi connectivity index (χ3v) is 4.51. The highest BCUT2D eigenvalue weighted by Crippen LogP contribution is 2.31. The molecule has 1 atom stereocenters. The Labute approximate surface area is 163 Å². The predicted octanol–water partition coefficient (Wildman–Crippen LogP) is 4.05. The highest BCUT2D eigenvalue weighted by Gasteiger charge is 2.34. The molecule has 2 aromatic heterocycles. The molecule has 3 aromatic rings.